The summed E-state index contributed by atoms with van der Waals surface area (Å²) in [7, 11) is 0. The van der Waals surface area contributed by atoms with Crippen LogP contribution in [0.15, 0.2) is 10.9 Å². The average Bonchev–Trinajstić information content (AvgIpc) is 3.07. The van der Waals surface area contributed by atoms with Gasteiger partial charge in [-0.05, 0) is 19.3 Å². The first-order chi connectivity index (χ1) is 7.78. The zero-order chi connectivity index (χ0) is 11.4. The molecule has 0 atom stereocenters. The van der Waals surface area contributed by atoms with Gasteiger partial charge in [-0.25, -0.2) is 4.98 Å². The molecule has 2 N–H and O–H groups in total. The summed E-state index contributed by atoms with van der Waals surface area (Å²) < 4.78 is 0. The quantitative estimate of drug-likeness (QED) is 0.762. The summed E-state index contributed by atoms with van der Waals surface area (Å²) in [6, 6.07) is 2.24. The van der Waals surface area contributed by atoms with Gasteiger partial charge < -0.3 is 10.3 Å². The van der Waals surface area contributed by atoms with Crippen LogP contribution in [-0.2, 0) is 13.0 Å². The van der Waals surface area contributed by atoms with E-state index in [0.717, 1.165) is 30.8 Å². The molecule has 1 fully saturated rings. The number of aryl methyl sites for hydroxylation is 1. The number of rotatable bonds is 6. The lowest BCUT2D eigenvalue weighted by Gasteiger charge is -2.04. The highest BCUT2D eigenvalue weighted by Crippen LogP contribution is 2.18. The summed E-state index contributed by atoms with van der Waals surface area (Å²) in [5.41, 5.74) is 0.829. The Bertz CT molecular complexity index is 395. The Kier molecular flexibility index (Phi) is 3.72. The molecule has 16 heavy (non-hydrogen) atoms. The molecule has 0 radical (unpaired) electrons. The fourth-order valence-electron chi connectivity index (χ4n) is 1.65. The first-order valence-electron chi connectivity index (χ1n) is 6.10. The molecule has 0 bridgehead atoms. The second-order valence-electron chi connectivity index (χ2n) is 4.44. The zero-order valence-corrected chi connectivity index (χ0v) is 9.75. The van der Waals surface area contributed by atoms with Crippen LogP contribution in [0.5, 0.6) is 0 Å². The standard InChI is InChI=1S/C12H19N3O/c1-2-3-4-11-14-10(7-12(16)15-11)8-13-9-5-6-9/h7,9,13H,2-6,8H2,1H3,(H,14,15,16). The molecule has 2 rings (SSSR count). The maximum absolute atomic E-state index is 11.4. The van der Waals surface area contributed by atoms with E-state index in [9.17, 15) is 4.79 Å². The van der Waals surface area contributed by atoms with Crippen molar-refractivity contribution in [3.63, 3.8) is 0 Å². The molecule has 88 valence electrons. The molecule has 0 aromatic carbocycles. The second-order valence-corrected chi connectivity index (χ2v) is 4.44. The number of hydrogen-bond donors (Lipinski definition) is 2. The Morgan fingerprint density at radius 2 is 2.38 bits per heavy atom. The van der Waals surface area contributed by atoms with Crippen LogP contribution in [0.4, 0.5) is 0 Å². The number of aromatic amines is 1. The van der Waals surface area contributed by atoms with E-state index >= 15 is 0 Å². The van der Waals surface area contributed by atoms with Gasteiger partial charge in [-0.3, -0.25) is 4.79 Å². The topological polar surface area (TPSA) is 57.8 Å². The molecule has 1 heterocycles. The zero-order valence-electron chi connectivity index (χ0n) is 9.75. The SMILES string of the molecule is CCCCc1nc(CNC2CC2)cc(=O)[nH]1. The molecule has 0 saturated heterocycles. The minimum Gasteiger partial charge on any atom is -0.311 e. The summed E-state index contributed by atoms with van der Waals surface area (Å²) in [5.74, 6) is 0.821. The third kappa shape index (κ3) is 3.45. The Morgan fingerprint density at radius 3 is 3.06 bits per heavy atom. The van der Waals surface area contributed by atoms with Crippen LogP contribution in [-0.4, -0.2) is 16.0 Å². The van der Waals surface area contributed by atoms with Gasteiger partial charge in [0.1, 0.15) is 5.82 Å². The number of hydrogen-bond acceptors (Lipinski definition) is 3. The van der Waals surface area contributed by atoms with Gasteiger partial charge in [-0.2, -0.15) is 0 Å². The van der Waals surface area contributed by atoms with Crippen molar-refractivity contribution in [3.8, 4) is 0 Å². The third-order valence-corrected chi connectivity index (χ3v) is 2.76. The summed E-state index contributed by atoms with van der Waals surface area (Å²) in [4.78, 5) is 18.7. The molecule has 1 aliphatic carbocycles. The molecule has 4 heteroatoms. The molecule has 1 saturated carbocycles. The first-order valence-corrected chi connectivity index (χ1v) is 6.10. The largest absolute Gasteiger partial charge is 0.311 e. The van der Waals surface area contributed by atoms with Crippen molar-refractivity contribution in [3.05, 3.63) is 27.9 Å². The third-order valence-electron chi connectivity index (χ3n) is 2.76. The van der Waals surface area contributed by atoms with Crippen LogP contribution in [0.25, 0.3) is 0 Å². The van der Waals surface area contributed by atoms with Crippen molar-refractivity contribution in [2.45, 2.75) is 51.6 Å². The minimum atomic E-state index is -0.0336. The van der Waals surface area contributed by atoms with E-state index < -0.39 is 0 Å². The van der Waals surface area contributed by atoms with Crippen LogP contribution in [0, 0.1) is 0 Å². The van der Waals surface area contributed by atoms with E-state index in [4.69, 9.17) is 0 Å². The number of nitrogens with zero attached hydrogens (tertiary/aromatic N) is 1. The van der Waals surface area contributed by atoms with Gasteiger partial charge in [0.15, 0.2) is 0 Å². The van der Waals surface area contributed by atoms with Gasteiger partial charge in [0, 0.05) is 25.1 Å². The summed E-state index contributed by atoms with van der Waals surface area (Å²) >= 11 is 0. The molecule has 0 amide bonds. The molecular weight excluding hydrogens is 202 g/mol. The van der Waals surface area contributed by atoms with E-state index in [0.29, 0.717) is 12.6 Å². The Hall–Kier alpha value is -1.16. The molecule has 1 aliphatic rings. The molecule has 0 unspecified atom stereocenters. The van der Waals surface area contributed by atoms with Gasteiger partial charge in [0.2, 0.25) is 0 Å². The van der Waals surface area contributed by atoms with Crippen LogP contribution in [0.2, 0.25) is 0 Å². The molecule has 1 aromatic heterocycles. The van der Waals surface area contributed by atoms with Crippen molar-refractivity contribution in [2.24, 2.45) is 0 Å². The minimum absolute atomic E-state index is 0.0336. The summed E-state index contributed by atoms with van der Waals surface area (Å²) in [5, 5.41) is 3.37. The molecular formula is C12H19N3O. The van der Waals surface area contributed by atoms with Gasteiger partial charge in [0.25, 0.3) is 5.56 Å². The predicted octanol–water partition coefficient (Wildman–Crippen LogP) is 1.36. The molecule has 0 aliphatic heterocycles. The van der Waals surface area contributed by atoms with Gasteiger partial charge in [0.05, 0.1) is 5.69 Å². The smallest absolute Gasteiger partial charge is 0.251 e. The molecule has 0 spiro atoms. The Morgan fingerprint density at radius 1 is 1.56 bits per heavy atom. The first kappa shape index (κ1) is 11.3. The van der Waals surface area contributed by atoms with Gasteiger partial charge in [-0.15, -0.1) is 0 Å². The van der Waals surface area contributed by atoms with E-state index in [2.05, 4.69) is 22.2 Å². The number of H-pyrrole nitrogens is 1. The van der Waals surface area contributed by atoms with E-state index in [1.807, 2.05) is 0 Å². The van der Waals surface area contributed by atoms with Crippen LogP contribution < -0.4 is 10.9 Å². The second kappa shape index (κ2) is 5.25. The highest BCUT2D eigenvalue weighted by molar-refractivity contribution is 5.03. The predicted molar refractivity (Wildman–Crippen MR) is 63.3 cm³/mol. The van der Waals surface area contributed by atoms with Crippen LogP contribution in [0.3, 0.4) is 0 Å². The van der Waals surface area contributed by atoms with Gasteiger partial charge >= 0.3 is 0 Å². The summed E-state index contributed by atoms with van der Waals surface area (Å²) in [6.45, 7) is 2.85. The Labute approximate surface area is 95.5 Å². The Balaban J connectivity index is 1.98. The maximum atomic E-state index is 11.4. The van der Waals surface area contributed by atoms with Crippen LogP contribution >= 0.6 is 0 Å². The molecule has 4 nitrogen and oxygen atoms in total. The van der Waals surface area contributed by atoms with E-state index in [-0.39, 0.29) is 5.56 Å². The van der Waals surface area contributed by atoms with Crippen LogP contribution in [0.1, 0.15) is 44.1 Å². The lowest BCUT2D eigenvalue weighted by atomic mass is 10.2. The normalized spacial score (nSPS) is 15.3. The van der Waals surface area contributed by atoms with Crippen molar-refractivity contribution < 1.29 is 0 Å². The van der Waals surface area contributed by atoms with Crippen molar-refractivity contribution in [1.29, 1.82) is 0 Å². The van der Waals surface area contributed by atoms with Crippen molar-refractivity contribution in [1.82, 2.24) is 15.3 Å². The highest BCUT2D eigenvalue weighted by Gasteiger charge is 2.20. The van der Waals surface area contributed by atoms with Gasteiger partial charge in [-0.1, -0.05) is 13.3 Å². The lowest BCUT2D eigenvalue weighted by molar-refractivity contribution is 0.659. The van der Waals surface area contributed by atoms with Crippen molar-refractivity contribution >= 4 is 0 Å². The van der Waals surface area contributed by atoms with Crippen molar-refractivity contribution in [2.75, 3.05) is 0 Å². The monoisotopic (exact) mass is 221 g/mol. The fourth-order valence-corrected chi connectivity index (χ4v) is 1.65. The van der Waals surface area contributed by atoms with E-state index in [1.54, 1.807) is 6.07 Å². The molecule has 1 aromatic rings. The lowest BCUT2D eigenvalue weighted by Crippen LogP contribution is -2.20. The fraction of sp³-hybridized carbons (Fsp3) is 0.667. The number of nitrogens with one attached hydrogen (secondary N) is 2. The highest BCUT2D eigenvalue weighted by atomic mass is 16.1. The average molecular weight is 221 g/mol. The summed E-state index contributed by atoms with van der Waals surface area (Å²) in [6.07, 6.45) is 5.57. The number of unbranched alkanes of at least 4 members (excludes halogenated alkanes) is 1. The van der Waals surface area contributed by atoms with E-state index in [1.165, 1.54) is 12.8 Å². The number of aromatic nitrogens is 2. The maximum Gasteiger partial charge on any atom is 0.251 e.